The molecule has 0 aromatic heterocycles. The summed E-state index contributed by atoms with van der Waals surface area (Å²) in [5.41, 5.74) is 5.79. The minimum Gasteiger partial charge on any atom is -0.328 e. The predicted octanol–water partition coefficient (Wildman–Crippen LogP) is 2.48. The van der Waals surface area contributed by atoms with E-state index in [0.717, 1.165) is 30.8 Å². The van der Waals surface area contributed by atoms with Gasteiger partial charge in [-0.15, -0.1) is 0 Å². The summed E-state index contributed by atoms with van der Waals surface area (Å²) >= 11 is 0. The molecule has 1 fully saturated rings. The van der Waals surface area contributed by atoms with Crippen LogP contribution >= 0.6 is 0 Å². The van der Waals surface area contributed by atoms with Crippen molar-refractivity contribution in [2.75, 3.05) is 13.6 Å². The van der Waals surface area contributed by atoms with Crippen molar-refractivity contribution >= 4 is 0 Å². The van der Waals surface area contributed by atoms with E-state index in [2.05, 4.69) is 32.7 Å². The number of hydrogen-bond donors (Lipinski definition) is 1. The quantitative estimate of drug-likeness (QED) is 0.776. The van der Waals surface area contributed by atoms with Crippen molar-refractivity contribution in [3.05, 3.63) is 0 Å². The molecule has 4 unspecified atom stereocenters. The van der Waals surface area contributed by atoms with Crippen molar-refractivity contribution in [2.24, 2.45) is 17.6 Å². The largest absolute Gasteiger partial charge is 0.328 e. The molecule has 2 N–H and O–H groups in total. The van der Waals surface area contributed by atoms with Crippen molar-refractivity contribution in [1.82, 2.24) is 4.90 Å². The fourth-order valence-electron chi connectivity index (χ4n) is 2.51. The molecule has 0 aliphatic heterocycles. The summed E-state index contributed by atoms with van der Waals surface area (Å²) in [6.45, 7) is 8.04. The van der Waals surface area contributed by atoms with Gasteiger partial charge in [-0.1, -0.05) is 13.8 Å². The molecule has 0 aromatic rings. The second-order valence-electron chi connectivity index (χ2n) is 5.67. The number of hydrogen-bond acceptors (Lipinski definition) is 2. The SMILES string of the molecule is CC(N)CCN(C)C1CCC(C)C(C)C1. The number of rotatable bonds is 4. The molecule has 0 spiro atoms. The second kappa shape index (κ2) is 5.86. The fraction of sp³-hybridized carbons (Fsp3) is 1.00. The average Bonchev–Trinajstić information content (AvgIpc) is 2.18. The van der Waals surface area contributed by atoms with E-state index in [4.69, 9.17) is 5.73 Å². The summed E-state index contributed by atoms with van der Waals surface area (Å²) < 4.78 is 0. The predicted molar refractivity (Wildman–Crippen MR) is 66.9 cm³/mol. The van der Waals surface area contributed by atoms with Crippen LogP contribution in [0.5, 0.6) is 0 Å². The van der Waals surface area contributed by atoms with Gasteiger partial charge in [0.25, 0.3) is 0 Å². The first-order valence-electron chi connectivity index (χ1n) is 6.46. The fourth-order valence-corrected chi connectivity index (χ4v) is 2.51. The molecule has 1 aliphatic rings. The molecule has 15 heavy (non-hydrogen) atoms. The van der Waals surface area contributed by atoms with Crippen LogP contribution in [-0.2, 0) is 0 Å². The van der Waals surface area contributed by atoms with E-state index < -0.39 is 0 Å². The van der Waals surface area contributed by atoms with E-state index >= 15 is 0 Å². The molecule has 0 radical (unpaired) electrons. The van der Waals surface area contributed by atoms with Gasteiger partial charge < -0.3 is 10.6 Å². The molecule has 0 amide bonds. The van der Waals surface area contributed by atoms with Gasteiger partial charge in [-0.3, -0.25) is 0 Å². The zero-order chi connectivity index (χ0) is 11.4. The van der Waals surface area contributed by atoms with Crippen LogP contribution in [0.3, 0.4) is 0 Å². The maximum absolute atomic E-state index is 5.79. The van der Waals surface area contributed by atoms with Crippen LogP contribution in [0.4, 0.5) is 0 Å². The van der Waals surface area contributed by atoms with E-state index in [9.17, 15) is 0 Å². The lowest BCUT2D eigenvalue weighted by molar-refractivity contribution is 0.129. The van der Waals surface area contributed by atoms with Crippen LogP contribution in [0.2, 0.25) is 0 Å². The topological polar surface area (TPSA) is 29.3 Å². The Morgan fingerprint density at radius 3 is 2.47 bits per heavy atom. The summed E-state index contributed by atoms with van der Waals surface area (Å²) in [6.07, 6.45) is 5.27. The van der Waals surface area contributed by atoms with E-state index in [1.807, 2.05) is 0 Å². The molecule has 1 saturated carbocycles. The summed E-state index contributed by atoms with van der Waals surface area (Å²) in [6, 6.07) is 1.14. The van der Waals surface area contributed by atoms with Crippen molar-refractivity contribution in [3.8, 4) is 0 Å². The van der Waals surface area contributed by atoms with E-state index in [1.165, 1.54) is 19.3 Å². The molecular weight excluding hydrogens is 184 g/mol. The molecule has 0 heterocycles. The Balaban J connectivity index is 2.30. The van der Waals surface area contributed by atoms with Crippen LogP contribution in [0.25, 0.3) is 0 Å². The minimum absolute atomic E-state index is 0.340. The average molecular weight is 212 g/mol. The van der Waals surface area contributed by atoms with E-state index in [1.54, 1.807) is 0 Å². The first-order chi connectivity index (χ1) is 7.00. The molecule has 4 atom stereocenters. The van der Waals surface area contributed by atoms with Gasteiger partial charge in [-0.2, -0.15) is 0 Å². The van der Waals surface area contributed by atoms with Gasteiger partial charge in [0, 0.05) is 12.1 Å². The first-order valence-corrected chi connectivity index (χ1v) is 6.46. The van der Waals surface area contributed by atoms with Crippen LogP contribution in [0, 0.1) is 11.8 Å². The second-order valence-corrected chi connectivity index (χ2v) is 5.67. The lowest BCUT2D eigenvalue weighted by Crippen LogP contribution is -2.39. The van der Waals surface area contributed by atoms with Crippen LogP contribution < -0.4 is 5.73 Å². The van der Waals surface area contributed by atoms with E-state index in [0.29, 0.717) is 6.04 Å². The molecule has 0 aromatic carbocycles. The Bertz CT molecular complexity index is 179. The molecule has 90 valence electrons. The highest BCUT2D eigenvalue weighted by molar-refractivity contribution is 4.80. The maximum Gasteiger partial charge on any atom is 0.00949 e. The van der Waals surface area contributed by atoms with Gasteiger partial charge in [0.1, 0.15) is 0 Å². The Morgan fingerprint density at radius 2 is 1.93 bits per heavy atom. The van der Waals surface area contributed by atoms with Gasteiger partial charge >= 0.3 is 0 Å². The standard InChI is InChI=1S/C13H28N2/c1-10-5-6-13(9-11(10)2)15(4)8-7-12(3)14/h10-13H,5-9,14H2,1-4H3. The normalized spacial score (nSPS) is 34.4. The van der Waals surface area contributed by atoms with Crippen LogP contribution in [0.1, 0.15) is 46.5 Å². The van der Waals surface area contributed by atoms with Gasteiger partial charge in [-0.05, 0) is 58.0 Å². The highest BCUT2D eigenvalue weighted by Gasteiger charge is 2.26. The first kappa shape index (κ1) is 13.0. The van der Waals surface area contributed by atoms with Crippen LogP contribution in [0.15, 0.2) is 0 Å². The third-order valence-corrected chi connectivity index (χ3v) is 4.13. The van der Waals surface area contributed by atoms with Gasteiger partial charge in [0.05, 0.1) is 0 Å². The van der Waals surface area contributed by atoms with Crippen molar-refractivity contribution in [1.29, 1.82) is 0 Å². The Hall–Kier alpha value is -0.0800. The molecule has 0 saturated heterocycles. The third kappa shape index (κ3) is 4.12. The summed E-state index contributed by atoms with van der Waals surface area (Å²) in [5.74, 6) is 1.81. The molecule has 2 heteroatoms. The highest BCUT2D eigenvalue weighted by Crippen LogP contribution is 2.31. The Kier molecular flexibility index (Phi) is 5.07. The summed E-state index contributed by atoms with van der Waals surface area (Å²) in [7, 11) is 2.26. The van der Waals surface area contributed by atoms with Crippen LogP contribution in [-0.4, -0.2) is 30.6 Å². The summed E-state index contributed by atoms with van der Waals surface area (Å²) in [5, 5.41) is 0. The van der Waals surface area contributed by atoms with Gasteiger partial charge in [0.2, 0.25) is 0 Å². The Labute approximate surface area is 95.2 Å². The molecule has 2 nitrogen and oxygen atoms in total. The maximum atomic E-state index is 5.79. The molecule has 0 bridgehead atoms. The summed E-state index contributed by atoms with van der Waals surface area (Å²) in [4.78, 5) is 2.52. The molecule has 1 rings (SSSR count). The van der Waals surface area contributed by atoms with Crippen molar-refractivity contribution in [2.45, 2.75) is 58.5 Å². The highest BCUT2D eigenvalue weighted by atomic mass is 15.1. The van der Waals surface area contributed by atoms with E-state index in [-0.39, 0.29) is 0 Å². The molecule has 1 aliphatic carbocycles. The van der Waals surface area contributed by atoms with Gasteiger partial charge in [0.15, 0.2) is 0 Å². The number of nitrogens with zero attached hydrogens (tertiary/aromatic N) is 1. The lowest BCUT2D eigenvalue weighted by Gasteiger charge is -2.37. The monoisotopic (exact) mass is 212 g/mol. The molecular formula is C13H28N2. The Morgan fingerprint density at radius 1 is 1.27 bits per heavy atom. The third-order valence-electron chi connectivity index (χ3n) is 4.13. The lowest BCUT2D eigenvalue weighted by atomic mass is 9.78. The minimum atomic E-state index is 0.340. The zero-order valence-electron chi connectivity index (χ0n) is 10.9. The smallest absolute Gasteiger partial charge is 0.00949 e. The van der Waals surface area contributed by atoms with Crippen molar-refractivity contribution < 1.29 is 0 Å². The van der Waals surface area contributed by atoms with Gasteiger partial charge in [-0.25, -0.2) is 0 Å². The van der Waals surface area contributed by atoms with Crippen molar-refractivity contribution in [3.63, 3.8) is 0 Å². The zero-order valence-corrected chi connectivity index (χ0v) is 10.9. The number of nitrogens with two attached hydrogens (primary N) is 1.